The predicted molar refractivity (Wildman–Crippen MR) is 105 cm³/mol. The first-order valence-electron chi connectivity index (χ1n) is 7.98. The average molecular weight is 413 g/mol. The lowest BCUT2D eigenvalue weighted by molar-refractivity contribution is -0.120. The van der Waals surface area contributed by atoms with E-state index in [9.17, 15) is 9.59 Å². The number of halogens is 1. The Morgan fingerprint density at radius 2 is 1.88 bits per heavy atom. The summed E-state index contributed by atoms with van der Waals surface area (Å²) >= 11 is 3.35. The molecule has 0 fully saturated rings. The molecule has 1 amide bonds. The van der Waals surface area contributed by atoms with Gasteiger partial charge >= 0.3 is 0 Å². The molecule has 26 heavy (non-hydrogen) atoms. The molecule has 0 bridgehead atoms. The van der Waals surface area contributed by atoms with Crippen LogP contribution in [0.4, 0.5) is 0 Å². The van der Waals surface area contributed by atoms with Crippen molar-refractivity contribution in [1.82, 2.24) is 15.2 Å². The van der Waals surface area contributed by atoms with Gasteiger partial charge in [0, 0.05) is 10.2 Å². The van der Waals surface area contributed by atoms with Gasteiger partial charge in [-0.1, -0.05) is 46.3 Å². The van der Waals surface area contributed by atoms with Crippen LogP contribution in [0.15, 0.2) is 69.0 Å². The molecule has 2 N–H and O–H groups in total. The minimum Gasteiger partial charge on any atom is -0.295 e. The van der Waals surface area contributed by atoms with Crippen molar-refractivity contribution in [2.45, 2.75) is 13.3 Å². The number of hydrazone groups is 1. The van der Waals surface area contributed by atoms with E-state index in [4.69, 9.17) is 0 Å². The lowest BCUT2D eigenvalue weighted by Gasteiger charge is -2.00. The van der Waals surface area contributed by atoms with E-state index in [0.29, 0.717) is 11.3 Å². The quantitative estimate of drug-likeness (QED) is 0.498. The molecule has 0 atom stereocenters. The summed E-state index contributed by atoms with van der Waals surface area (Å²) in [6.45, 7) is 1.78. The molecule has 2 aromatic carbocycles. The Bertz CT molecular complexity index is 989. The third kappa shape index (κ3) is 4.18. The van der Waals surface area contributed by atoms with E-state index in [1.54, 1.807) is 6.92 Å². The minimum atomic E-state index is -0.250. The number of aromatic amines is 1. The van der Waals surface area contributed by atoms with Crippen molar-refractivity contribution in [3.05, 3.63) is 86.2 Å². The largest absolute Gasteiger partial charge is 0.295 e. The zero-order chi connectivity index (χ0) is 18.5. The first-order valence-corrected chi connectivity index (χ1v) is 8.77. The Morgan fingerprint density at radius 3 is 2.58 bits per heavy atom. The first kappa shape index (κ1) is 17.9. The molecule has 0 unspecified atom stereocenters. The summed E-state index contributed by atoms with van der Waals surface area (Å²) < 4.78 is 2.40. The van der Waals surface area contributed by atoms with Gasteiger partial charge in [-0.25, -0.2) is 10.1 Å². The normalized spacial score (nSPS) is 11.0. The summed E-state index contributed by atoms with van der Waals surface area (Å²) in [7, 11) is 0. The van der Waals surface area contributed by atoms with Crippen LogP contribution in [-0.2, 0) is 11.2 Å². The Kier molecular flexibility index (Phi) is 5.48. The lowest BCUT2D eigenvalue weighted by Crippen LogP contribution is -2.21. The molecule has 132 valence electrons. The first-order chi connectivity index (χ1) is 12.5. The van der Waals surface area contributed by atoms with Crippen molar-refractivity contribution in [3.8, 4) is 5.69 Å². The molecule has 0 aliphatic carbocycles. The highest BCUT2D eigenvalue weighted by Crippen LogP contribution is 2.10. The summed E-state index contributed by atoms with van der Waals surface area (Å²) in [5.41, 5.74) is 4.92. The van der Waals surface area contributed by atoms with Gasteiger partial charge in [0.25, 0.3) is 5.56 Å². The minimum absolute atomic E-state index is 0.213. The number of carbonyl (C=O) groups is 1. The summed E-state index contributed by atoms with van der Waals surface area (Å²) in [6.07, 6.45) is 1.58. The van der Waals surface area contributed by atoms with Gasteiger partial charge in [0.15, 0.2) is 0 Å². The number of aromatic nitrogens is 2. The van der Waals surface area contributed by atoms with Crippen molar-refractivity contribution in [1.29, 1.82) is 0 Å². The van der Waals surface area contributed by atoms with Crippen LogP contribution in [0.2, 0.25) is 0 Å². The summed E-state index contributed by atoms with van der Waals surface area (Å²) in [4.78, 5) is 24.5. The number of hydrogen-bond acceptors (Lipinski definition) is 3. The number of H-pyrrole nitrogens is 1. The summed E-state index contributed by atoms with van der Waals surface area (Å²) in [5.74, 6) is -0.250. The second kappa shape index (κ2) is 7.97. The third-order valence-corrected chi connectivity index (χ3v) is 4.32. The standard InChI is InChI=1S/C19H17BrN4O2/c1-13-17(19(26)24(23-13)16-5-3-2-4-6-16)12-21-22-18(25)11-14-7-9-15(20)10-8-14/h2-10,12,23H,11H2,1H3,(H,22,25). The maximum Gasteiger partial charge on any atom is 0.280 e. The molecule has 3 rings (SSSR count). The number of hydrogen-bond donors (Lipinski definition) is 2. The van der Waals surface area contributed by atoms with E-state index < -0.39 is 0 Å². The van der Waals surface area contributed by atoms with Gasteiger partial charge in [-0.15, -0.1) is 0 Å². The van der Waals surface area contributed by atoms with Gasteiger partial charge < -0.3 is 0 Å². The molecule has 0 saturated carbocycles. The topological polar surface area (TPSA) is 79.2 Å². The van der Waals surface area contributed by atoms with Crippen LogP contribution in [-0.4, -0.2) is 21.9 Å². The van der Waals surface area contributed by atoms with Gasteiger partial charge in [-0.2, -0.15) is 5.10 Å². The Labute approximate surface area is 158 Å². The Morgan fingerprint density at radius 1 is 1.19 bits per heavy atom. The predicted octanol–water partition coefficient (Wildman–Crippen LogP) is 2.93. The molecule has 3 aromatic rings. The summed E-state index contributed by atoms with van der Waals surface area (Å²) in [5, 5.41) is 6.93. The molecule has 0 aliphatic heterocycles. The molecule has 1 aromatic heterocycles. The highest BCUT2D eigenvalue weighted by atomic mass is 79.9. The van der Waals surface area contributed by atoms with E-state index in [0.717, 1.165) is 15.7 Å². The van der Waals surface area contributed by atoms with Crippen molar-refractivity contribution < 1.29 is 4.79 Å². The lowest BCUT2D eigenvalue weighted by atomic mass is 10.1. The van der Waals surface area contributed by atoms with Gasteiger partial charge in [-0.3, -0.25) is 14.7 Å². The summed E-state index contributed by atoms with van der Waals surface area (Å²) in [6, 6.07) is 16.7. The monoisotopic (exact) mass is 412 g/mol. The van der Waals surface area contributed by atoms with Crippen molar-refractivity contribution in [3.63, 3.8) is 0 Å². The smallest absolute Gasteiger partial charge is 0.280 e. The van der Waals surface area contributed by atoms with Crippen LogP contribution in [0.25, 0.3) is 5.69 Å². The van der Waals surface area contributed by atoms with E-state index >= 15 is 0 Å². The van der Waals surface area contributed by atoms with Crippen LogP contribution >= 0.6 is 15.9 Å². The molecule has 0 radical (unpaired) electrons. The maximum absolute atomic E-state index is 12.5. The van der Waals surface area contributed by atoms with E-state index in [2.05, 4.69) is 31.6 Å². The third-order valence-electron chi connectivity index (χ3n) is 3.79. The van der Waals surface area contributed by atoms with Crippen molar-refractivity contribution in [2.24, 2.45) is 5.10 Å². The molecule has 0 spiro atoms. The SMILES string of the molecule is Cc1[nH]n(-c2ccccc2)c(=O)c1C=NNC(=O)Cc1ccc(Br)cc1. The Hall–Kier alpha value is -2.93. The van der Waals surface area contributed by atoms with Crippen LogP contribution in [0, 0.1) is 6.92 Å². The molecule has 0 aliphatic rings. The zero-order valence-electron chi connectivity index (χ0n) is 14.1. The Balaban J connectivity index is 1.69. The van der Waals surface area contributed by atoms with Gasteiger partial charge in [0.2, 0.25) is 5.91 Å². The highest BCUT2D eigenvalue weighted by Gasteiger charge is 2.10. The number of para-hydroxylation sites is 1. The number of rotatable bonds is 5. The molecule has 7 heteroatoms. The zero-order valence-corrected chi connectivity index (χ0v) is 15.7. The van der Waals surface area contributed by atoms with Crippen molar-refractivity contribution >= 4 is 28.1 Å². The van der Waals surface area contributed by atoms with Crippen LogP contribution in [0.5, 0.6) is 0 Å². The molecular formula is C19H17BrN4O2. The number of nitrogens with zero attached hydrogens (tertiary/aromatic N) is 2. The van der Waals surface area contributed by atoms with Crippen LogP contribution < -0.4 is 11.0 Å². The van der Waals surface area contributed by atoms with E-state index in [-0.39, 0.29) is 17.9 Å². The number of benzene rings is 2. The van der Waals surface area contributed by atoms with E-state index in [1.165, 1.54) is 10.9 Å². The fourth-order valence-corrected chi connectivity index (χ4v) is 2.73. The van der Waals surface area contributed by atoms with Crippen molar-refractivity contribution in [2.75, 3.05) is 0 Å². The van der Waals surface area contributed by atoms with Gasteiger partial charge in [0.1, 0.15) is 0 Å². The van der Waals surface area contributed by atoms with Gasteiger partial charge in [-0.05, 0) is 36.8 Å². The molecular weight excluding hydrogens is 396 g/mol. The highest BCUT2D eigenvalue weighted by molar-refractivity contribution is 9.10. The second-order valence-corrected chi connectivity index (χ2v) is 6.64. The second-order valence-electron chi connectivity index (χ2n) is 5.72. The van der Waals surface area contributed by atoms with Crippen LogP contribution in [0.3, 0.4) is 0 Å². The number of amides is 1. The molecule has 1 heterocycles. The maximum atomic E-state index is 12.5. The van der Waals surface area contributed by atoms with E-state index in [1.807, 2.05) is 54.6 Å². The average Bonchev–Trinajstić information content (AvgIpc) is 2.92. The van der Waals surface area contributed by atoms with Crippen LogP contribution in [0.1, 0.15) is 16.8 Å². The fourth-order valence-electron chi connectivity index (χ4n) is 2.47. The van der Waals surface area contributed by atoms with Gasteiger partial charge in [0.05, 0.1) is 23.9 Å². The molecule has 6 nitrogen and oxygen atoms in total. The number of aryl methyl sites for hydroxylation is 1. The number of nitrogens with one attached hydrogen (secondary N) is 2. The molecule has 0 saturated heterocycles. The fraction of sp³-hybridized carbons (Fsp3) is 0.105. The number of carbonyl (C=O) groups excluding carboxylic acids is 1.